The topological polar surface area (TPSA) is 100 Å². The Labute approximate surface area is 231 Å². The van der Waals surface area contributed by atoms with Crippen LogP contribution < -0.4 is 16.0 Å². The number of aliphatic imine (C=N–C) groups is 2. The van der Waals surface area contributed by atoms with Crippen LogP contribution >= 0.6 is 0 Å². The van der Waals surface area contributed by atoms with Crippen LogP contribution in [0.25, 0.3) is 23.3 Å². The number of nitrogens with zero attached hydrogens (tertiary/aromatic N) is 5. The van der Waals surface area contributed by atoms with Crippen molar-refractivity contribution >= 4 is 29.4 Å². The molecule has 4 aliphatic heterocycles. The minimum absolute atomic E-state index is 0.0685. The van der Waals surface area contributed by atoms with Gasteiger partial charge in [-0.1, -0.05) is 0 Å². The van der Waals surface area contributed by atoms with E-state index in [9.17, 15) is 4.79 Å². The summed E-state index contributed by atoms with van der Waals surface area (Å²) in [4.78, 5) is 31.6. The minimum Gasteiger partial charge on any atom is -0.372 e. The maximum Gasteiger partial charge on any atom is 0.192 e. The summed E-state index contributed by atoms with van der Waals surface area (Å²) in [7, 11) is 0. The third-order valence-corrected chi connectivity index (χ3v) is 7.91. The van der Waals surface area contributed by atoms with Gasteiger partial charge in [-0.3, -0.25) is 9.78 Å². The van der Waals surface area contributed by atoms with Crippen LogP contribution in [0.5, 0.6) is 0 Å². The summed E-state index contributed by atoms with van der Waals surface area (Å²) in [6.07, 6.45) is 21.5. The van der Waals surface area contributed by atoms with E-state index in [4.69, 9.17) is 15.1 Å². The van der Waals surface area contributed by atoms with Crippen molar-refractivity contribution in [1.82, 2.24) is 25.1 Å². The number of ketones is 1. The number of fused-ring (bicyclic) bond motifs is 6. The van der Waals surface area contributed by atoms with Gasteiger partial charge in [-0.05, 0) is 106 Å². The van der Waals surface area contributed by atoms with Crippen LogP contribution in [0.1, 0.15) is 26.5 Å². The molecule has 40 heavy (non-hydrogen) atoms. The number of aromatic nitrogens is 4. The molecule has 3 aromatic heterocycles. The Hall–Kier alpha value is -4.85. The summed E-state index contributed by atoms with van der Waals surface area (Å²) in [6.45, 7) is 7.79. The van der Waals surface area contributed by atoms with Gasteiger partial charge in [0.2, 0.25) is 0 Å². The Morgan fingerprint density at radius 1 is 0.925 bits per heavy atom. The molecule has 2 atom stereocenters. The third-order valence-electron chi connectivity index (χ3n) is 7.91. The van der Waals surface area contributed by atoms with Crippen LogP contribution in [-0.2, 0) is 10.5 Å². The van der Waals surface area contributed by atoms with Gasteiger partial charge in [0, 0.05) is 40.0 Å². The molecule has 1 saturated heterocycles. The molecule has 8 nitrogen and oxygen atoms in total. The molecule has 1 fully saturated rings. The van der Waals surface area contributed by atoms with E-state index in [1.54, 1.807) is 6.20 Å². The maximum absolute atomic E-state index is 13.9. The van der Waals surface area contributed by atoms with Gasteiger partial charge in [-0.2, -0.15) is 5.10 Å². The van der Waals surface area contributed by atoms with Gasteiger partial charge in [0.25, 0.3) is 0 Å². The highest BCUT2D eigenvalue weighted by Gasteiger charge is 2.52. The van der Waals surface area contributed by atoms with Crippen molar-refractivity contribution in [2.45, 2.75) is 38.9 Å². The zero-order valence-electron chi connectivity index (χ0n) is 22.8. The first-order valence-corrected chi connectivity index (χ1v) is 13.3. The Morgan fingerprint density at radius 2 is 1.73 bits per heavy atom. The van der Waals surface area contributed by atoms with Crippen molar-refractivity contribution in [3.05, 3.63) is 107 Å². The molecule has 7 heterocycles. The smallest absolute Gasteiger partial charge is 0.192 e. The van der Waals surface area contributed by atoms with Crippen LogP contribution in [0.15, 0.2) is 101 Å². The van der Waals surface area contributed by atoms with Crippen molar-refractivity contribution < 1.29 is 4.79 Å². The van der Waals surface area contributed by atoms with Crippen LogP contribution in [0, 0.1) is 12.3 Å². The third kappa shape index (κ3) is 3.87. The molecule has 7 rings (SSSR count). The van der Waals surface area contributed by atoms with E-state index >= 15 is 0 Å². The van der Waals surface area contributed by atoms with E-state index in [0.29, 0.717) is 0 Å². The van der Waals surface area contributed by atoms with E-state index < -0.39 is 16.6 Å². The van der Waals surface area contributed by atoms with Crippen LogP contribution in [0.3, 0.4) is 0 Å². The number of aryl methyl sites for hydroxylation is 1. The van der Waals surface area contributed by atoms with Gasteiger partial charge >= 0.3 is 0 Å². The van der Waals surface area contributed by atoms with Crippen molar-refractivity contribution in [1.29, 1.82) is 0 Å². The second-order valence-corrected chi connectivity index (χ2v) is 11.4. The molecule has 0 amide bonds. The van der Waals surface area contributed by atoms with E-state index in [1.807, 2.05) is 118 Å². The number of hydrogen-bond donors (Lipinski definition) is 2. The number of hydrogen-bond acceptors (Lipinski definition) is 6. The van der Waals surface area contributed by atoms with E-state index in [1.165, 1.54) is 0 Å². The Balaban J connectivity index is 1.44. The molecule has 0 saturated carbocycles. The van der Waals surface area contributed by atoms with Crippen LogP contribution in [-0.4, -0.2) is 42.5 Å². The standard InChI is InChI=1S/C32H29N7O/c1-20-13-21(10-12-33-20)22-18-34-39(19-22)32-11-9-26(37-32)15-25-6-5-23(35-25)14-24-7-8-27(36-24)16-31(4)29(40)30(2,3)28(17-32)38-31/h5-19,35,38H,1-4H3. The second kappa shape index (κ2) is 8.32. The first-order valence-electron chi connectivity index (χ1n) is 13.3. The monoisotopic (exact) mass is 527 g/mol. The Morgan fingerprint density at radius 3 is 2.52 bits per heavy atom. The fourth-order valence-corrected chi connectivity index (χ4v) is 5.80. The lowest BCUT2D eigenvalue weighted by Gasteiger charge is -2.25. The number of carbonyl (C=O) groups is 1. The summed E-state index contributed by atoms with van der Waals surface area (Å²) < 4.78 is 1.85. The summed E-state index contributed by atoms with van der Waals surface area (Å²) >= 11 is 0. The molecule has 2 N–H and O–H groups in total. The summed E-state index contributed by atoms with van der Waals surface area (Å²) in [5.41, 5.74) is 3.39. The fraction of sp³-hybridized carbons (Fsp3) is 0.219. The summed E-state index contributed by atoms with van der Waals surface area (Å²) in [5, 5.41) is 10.2. The predicted molar refractivity (Wildman–Crippen MR) is 157 cm³/mol. The summed E-state index contributed by atoms with van der Waals surface area (Å²) in [5.74, 6) is 0.0685. The van der Waals surface area contributed by atoms with Gasteiger partial charge < -0.3 is 10.3 Å². The number of H-pyrrole nitrogens is 1. The van der Waals surface area contributed by atoms with Crippen LogP contribution in [0.4, 0.5) is 0 Å². The molecule has 198 valence electrons. The quantitative estimate of drug-likeness (QED) is 0.534. The number of pyridine rings is 1. The molecule has 0 aliphatic carbocycles. The van der Waals surface area contributed by atoms with Gasteiger partial charge in [0.05, 0.1) is 28.7 Å². The zero-order chi connectivity index (χ0) is 27.7. The second-order valence-electron chi connectivity index (χ2n) is 11.4. The zero-order valence-corrected chi connectivity index (χ0v) is 22.8. The predicted octanol–water partition coefficient (Wildman–Crippen LogP) is 3.26. The van der Waals surface area contributed by atoms with Crippen molar-refractivity contribution in [2.24, 2.45) is 15.4 Å². The van der Waals surface area contributed by atoms with Crippen LogP contribution in [0.2, 0.25) is 0 Å². The molecule has 8 bridgehead atoms. The van der Waals surface area contributed by atoms with E-state index in [2.05, 4.69) is 15.3 Å². The molecule has 4 aliphatic rings. The van der Waals surface area contributed by atoms with Gasteiger partial charge in [0.15, 0.2) is 11.4 Å². The number of allylic oxidation sites excluding steroid dienone is 4. The van der Waals surface area contributed by atoms with Gasteiger partial charge in [-0.25, -0.2) is 14.7 Å². The Bertz CT molecular complexity index is 1910. The molecule has 0 radical (unpaired) electrons. The number of carbonyl (C=O) groups excluding carboxylic acids is 1. The van der Waals surface area contributed by atoms with Gasteiger partial charge in [0.1, 0.15) is 5.54 Å². The Kier molecular flexibility index (Phi) is 5.04. The van der Waals surface area contributed by atoms with Crippen molar-refractivity contribution in [2.75, 3.05) is 0 Å². The lowest BCUT2D eigenvalue weighted by molar-refractivity contribution is -0.126. The highest BCUT2D eigenvalue weighted by atomic mass is 16.1. The van der Waals surface area contributed by atoms with Gasteiger partial charge in [-0.15, -0.1) is 0 Å². The largest absolute Gasteiger partial charge is 0.372 e. The molecule has 3 aromatic rings. The average Bonchev–Trinajstić information content (AvgIpc) is 3.73. The molecule has 8 heteroatoms. The van der Waals surface area contributed by atoms with E-state index in [0.717, 1.165) is 50.3 Å². The average molecular weight is 528 g/mol. The number of nitrogens with one attached hydrogen (secondary N) is 2. The lowest BCUT2D eigenvalue weighted by Crippen LogP contribution is -2.41. The summed E-state index contributed by atoms with van der Waals surface area (Å²) in [6, 6.07) is 8.05. The van der Waals surface area contributed by atoms with Crippen molar-refractivity contribution in [3.8, 4) is 11.1 Å². The SMILES string of the molecule is Cc1cc(-c2cnn(C34C=CC(=N3)C=c3ccc([nH]3)=CC3=NC(=CC5(C)NC(=C4)C(C)(C)C5=O)C=C3)c2)ccn1. The molecule has 2 unspecified atom stereocenters. The highest BCUT2D eigenvalue weighted by molar-refractivity contribution is 6.20. The normalized spacial score (nSPS) is 25.9. The first kappa shape index (κ1) is 24.2. The van der Waals surface area contributed by atoms with E-state index in [-0.39, 0.29) is 5.78 Å². The first-order chi connectivity index (χ1) is 19.1. The molecular weight excluding hydrogens is 498 g/mol. The highest BCUT2D eigenvalue weighted by Crippen LogP contribution is 2.43. The lowest BCUT2D eigenvalue weighted by atomic mass is 9.80. The number of aromatic amines is 1. The maximum atomic E-state index is 13.9. The van der Waals surface area contributed by atoms with Crippen molar-refractivity contribution in [3.63, 3.8) is 0 Å². The number of Topliss-reactive ketones (excluding diaryl/α,β-unsaturated/α-hetero) is 1. The molecule has 0 spiro atoms. The number of rotatable bonds is 2. The molecule has 0 aromatic carbocycles. The molecular formula is C32H29N7O. The minimum atomic E-state index is -0.971. The fourth-order valence-electron chi connectivity index (χ4n) is 5.80.